The first-order chi connectivity index (χ1) is 17.1. The molecule has 196 valence electrons. The second-order valence-corrected chi connectivity index (χ2v) is 10.4. The first kappa shape index (κ1) is 26.2. The molecule has 0 bridgehead atoms. The van der Waals surface area contributed by atoms with Crippen LogP contribution in [0.3, 0.4) is 0 Å². The fraction of sp³-hybridized carbons (Fsp3) is 0.600. The lowest BCUT2D eigenvalue weighted by Crippen LogP contribution is -2.32. The summed E-state index contributed by atoms with van der Waals surface area (Å²) in [6, 6.07) is 1.80. The number of nitro benzene ring substituents is 1. The molecule has 0 radical (unpaired) electrons. The smallest absolute Gasteiger partial charge is 0.347 e. The Morgan fingerprint density at radius 3 is 2.58 bits per heavy atom. The third-order valence-electron chi connectivity index (χ3n) is 6.74. The van der Waals surface area contributed by atoms with Gasteiger partial charge in [-0.2, -0.15) is 0 Å². The number of carbonyl (C=O) groups is 1. The molecular formula is C25H31ClFN3O6. The number of benzene rings is 1. The van der Waals surface area contributed by atoms with E-state index < -0.39 is 39.8 Å². The number of nitro groups is 1. The molecule has 1 fully saturated rings. The lowest BCUT2D eigenvalue weighted by atomic mass is 9.97. The normalized spacial score (nSPS) is 18.1. The molecule has 0 amide bonds. The van der Waals surface area contributed by atoms with Crippen LogP contribution in [0.15, 0.2) is 16.9 Å². The lowest BCUT2D eigenvalue weighted by molar-refractivity contribution is -0.386. The number of rotatable bonds is 10. The highest BCUT2D eigenvalue weighted by molar-refractivity contribution is 6.32. The molecule has 2 atom stereocenters. The van der Waals surface area contributed by atoms with Crippen LogP contribution in [0, 0.1) is 33.7 Å². The molecule has 0 spiro atoms. The van der Waals surface area contributed by atoms with Crippen molar-refractivity contribution in [1.82, 2.24) is 9.36 Å². The molecule has 2 heterocycles. The van der Waals surface area contributed by atoms with Crippen molar-refractivity contribution in [3.8, 4) is 16.9 Å². The van der Waals surface area contributed by atoms with Gasteiger partial charge in [-0.05, 0) is 43.9 Å². The van der Waals surface area contributed by atoms with Crippen LogP contribution in [-0.2, 0) is 22.6 Å². The molecular weight excluding hydrogens is 493 g/mol. The van der Waals surface area contributed by atoms with Crippen molar-refractivity contribution in [2.45, 2.75) is 72.1 Å². The van der Waals surface area contributed by atoms with Gasteiger partial charge in [0.15, 0.2) is 6.10 Å². The Morgan fingerprint density at radius 1 is 1.25 bits per heavy atom. The molecule has 9 nitrogen and oxygen atoms in total. The maximum Gasteiger partial charge on any atom is 0.347 e. The summed E-state index contributed by atoms with van der Waals surface area (Å²) < 4.78 is 29.2. The number of ether oxygens (including phenoxy) is 2. The average Bonchev–Trinajstić information content (AvgIpc) is 3.59. The van der Waals surface area contributed by atoms with Gasteiger partial charge in [-0.15, -0.1) is 0 Å². The summed E-state index contributed by atoms with van der Waals surface area (Å²) in [5.74, 6) is -0.935. The number of hydrogen-bond acceptors (Lipinski definition) is 6. The number of halogens is 2. The Bertz CT molecular complexity index is 1220. The maximum absolute atomic E-state index is 15.4. The van der Waals surface area contributed by atoms with Crippen LogP contribution in [0.1, 0.15) is 52.9 Å². The Kier molecular flexibility index (Phi) is 7.73. The van der Waals surface area contributed by atoms with E-state index in [1.807, 2.05) is 13.8 Å². The second-order valence-electron chi connectivity index (χ2n) is 10.1. The summed E-state index contributed by atoms with van der Waals surface area (Å²) in [7, 11) is 0. The summed E-state index contributed by atoms with van der Waals surface area (Å²) >= 11 is 6.52. The van der Waals surface area contributed by atoms with Gasteiger partial charge in [0, 0.05) is 30.8 Å². The molecule has 0 N–H and O–H groups in total. The predicted octanol–water partition coefficient (Wildman–Crippen LogP) is 5.19. The van der Waals surface area contributed by atoms with Crippen molar-refractivity contribution in [2.24, 2.45) is 17.8 Å². The fourth-order valence-electron chi connectivity index (χ4n) is 4.83. The third-order valence-corrected chi connectivity index (χ3v) is 7.12. The molecule has 1 aliphatic heterocycles. The van der Waals surface area contributed by atoms with Crippen molar-refractivity contribution in [2.75, 3.05) is 6.61 Å². The zero-order valence-corrected chi connectivity index (χ0v) is 21.4. The molecule has 2 aromatic rings. The van der Waals surface area contributed by atoms with E-state index in [0.717, 1.165) is 25.0 Å². The highest BCUT2D eigenvalue weighted by Crippen LogP contribution is 2.40. The monoisotopic (exact) mass is 523 g/mol. The molecule has 11 heteroatoms. The van der Waals surface area contributed by atoms with Crippen molar-refractivity contribution in [3.05, 3.63) is 43.6 Å². The fourth-order valence-corrected chi connectivity index (χ4v) is 5.19. The molecule has 2 unspecified atom stereocenters. The summed E-state index contributed by atoms with van der Waals surface area (Å²) in [5.41, 5.74) is -1.43. The van der Waals surface area contributed by atoms with Gasteiger partial charge in [0.05, 0.1) is 17.1 Å². The van der Waals surface area contributed by atoms with Gasteiger partial charge in [0.25, 0.3) is 5.56 Å². The van der Waals surface area contributed by atoms with Crippen LogP contribution in [0.4, 0.5) is 10.1 Å². The van der Waals surface area contributed by atoms with Gasteiger partial charge in [-0.1, -0.05) is 38.3 Å². The van der Waals surface area contributed by atoms with Gasteiger partial charge in [-0.25, -0.2) is 13.9 Å². The SMILES string of the molecule is CCOC(=O)C(CC(C)C)Oc1cc(F)c(-c2c(Cl)n3n(c2=O)CC(CC2CC2)CC3)cc1[N+](=O)[O-]. The standard InChI is InChI=1S/C25H31ClFN3O6/c1-4-35-25(32)21(9-14(2)3)36-20-12-18(27)17(11-19(20)30(33)34)22-23(26)28-8-7-16(10-15-5-6-15)13-29(28)24(22)31/h11-12,14-16,21H,4-10,13H2,1-3H3. The van der Waals surface area contributed by atoms with E-state index in [4.69, 9.17) is 21.1 Å². The molecule has 4 rings (SSSR count). The third kappa shape index (κ3) is 5.43. The van der Waals surface area contributed by atoms with Crippen molar-refractivity contribution in [1.29, 1.82) is 0 Å². The van der Waals surface area contributed by atoms with Crippen LogP contribution in [-0.4, -0.2) is 33.0 Å². The van der Waals surface area contributed by atoms with Crippen molar-refractivity contribution >= 4 is 23.3 Å². The van der Waals surface area contributed by atoms with Crippen LogP contribution < -0.4 is 10.3 Å². The molecule has 1 saturated carbocycles. The summed E-state index contributed by atoms with van der Waals surface area (Å²) in [6.07, 6.45) is 3.43. The Hall–Kier alpha value is -2.88. The number of hydrogen-bond donors (Lipinski definition) is 0. The highest BCUT2D eigenvalue weighted by atomic mass is 35.5. The Balaban J connectivity index is 1.71. The predicted molar refractivity (Wildman–Crippen MR) is 132 cm³/mol. The van der Waals surface area contributed by atoms with Crippen LogP contribution in [0.2, 0.25) is 5.15 Å². The zero-order chi connectivity index (χ0) is 26.1. The average molecular weight is 524 g/mol. The van der Waals surface area contributed by atoms with E-state index in [-0.39, 0.29) is 35.2 Å². The second kappa shape index (κ2) is 10.6. The first-order valence-electron chi connectivity index (χ1n) is 12.4. The largest absolute Gasteiger partial charge is 0.471 e. The van der Waals surface area contributed by atoms with E-state index >= 15 is 4.39 Å². The number of carbonyl (C=O) groups excluding carboxylic acids is 1. The van der Waals surface area contributed by atoms with E-state index in [9.17, 15) is 19.7 Å². The van der Waals surface area contributed by atoms with Gasteiger partial charge in [0.1, 0.15) is 11.0 Å². The number of nitrogens with zero attached hydrogens (tertiary/aromatic N) is 3. The van der Waals surface area contributed by atoms with E-state index in [1.165, 1.54) is 17.5 Å². The van der Waals surface area contributed by atoms with Crippen molar-refractivity contribution in [3.63, 3.8) is 0 Å². The quantitative estimate of drug-likeness (QED) is 0.241. The molecule has 0 saturated heterocycles. The van der Waals surface area contributed by atoms with Crippen LogP contribution in [0.5, 0.6) is 5.75 Å². The molecule has 36 heavy (non-hydrogen) atoms. The zero-order valence-electron chi connectivity index (χ0n) is 20.7. The Labute approximate surface area is 213 Å². The van der Waals surface area contributed by atoms with E-state index in [2.05, 4.69) is 0 Å². The summed E-state index contributed by atoms with van der Waals surface area (Å²) in [4.78, 5) is 36.8. The molecule has 2 aliphatic rings. The van der Waals surface area contributed by atoms with Gasteiger partial charge < -0.3 is 9.47 Å². The van der Waals surface area contributed by atoms with Gasteiger partial charge >= 0.3 is 11.7 Å². The minimum atomic E-state index is -1.15. The Morgan fingerprint density at radius 2 is 1.97 bits per heavy atom. The minimum Gasteiger partial charge on any atom is -0.471 e. The summed E-state index contributed by atoms with van der Waals surface area (Å²) in [6.45, 7) is 6.45. The van der Waals surface area contributed by atoms with Crippen LogP contribution in [0.25, 0.3) is 11.1 Å². The first-order valence-corrected chi connectivity index (χ1v) is 12.8. The van der Waals surface area contributed by atoms with Crippen LogP contribution >= 0.6 is 11.6 Å². The number of fused-ring (bicyclic) bond motifs is 1. The molecule has 1 aromatic heterocycles. The minimum absolute atomic E-state index is 0.0119. The highest BCUT2D eigenvalue weighted by Gasteiger charge is 2.33. The lowest BCUT2D eigenvalue weighted by Gasteiger charge is -2.26. The van der Waals surface area contributed by atoms with E-state index in [0.29, 0.717) is 24.9 Å². The number of aromatic nitrogens is 2. The maximum atomic E-state index is 15.4. The molecule has 1 aromatic carbocycles. The molecule has 1 aliphatic carbocycles. The number of esters is 1. The topological polar surface area (TPSA) is 106 Å². The van der Waals surface area contributed by atoms with Crippen molar-refractivity contribution < 1.29 is 23.6 Å². The van der Waals surface area contributed by atoms with Gasteiger partial charge in [-0.3, -0.25) is 19.6 Å². The van der Waals surface area contributed by atoms with Gasteiger partial charge in [0.2, 0.25) is 5.75 Å². The summed E-state index contributed by atoms with van der Waals surface area (Å²) in [5, 5.41) is 11.9. The van der Waals surface area contributed by atoms with E-state index in [1.54, 1.807) is 11.6 Å².